The van der Waals surface area contributed by atoms with Crippen LogP contribution in [0.1, 0.15) is 12.8 Å². The van der Waals surface area contributed by atoms with Crippen LogP contribution < -0.4 is 5.32 Å². The Labute approximate surface area is 181 Å². The SMILES string of the molecule is O=C(O)CC[C@H](NC[C@@]1(O)OC[C@@H](O)[C@@H](O[C@@H]2O[C@H](CO)[C@@H](O)[C@H](O)[C@H]2O)[C@@H]1O)C(=O)O. The van der Waals surface area contributed by atoms with E-state index >= 15 is 0 Å². The van der Waals surface area contributed by atoms with E-state index in [1.807, 2.05) is 0 Å². The summed E-state index contributed by atoms with van der Waals surface area (Å²) >= 11 is 0. The third-order valence-corrected chi connectivity index (χ3v) is 5.34. The van der Waals surface area contributed by atoms with E-state index in [9.17, 15) is 50.4 Å². The minimum absolute atomic E-state index is 0.329. The molecule has 2 fully saturated rings. The van der Waals surface area contributed by atoms with Crippen molar-refractivity contribution in [1.82, 2.24) is 5.32 Å². The van der Waals surface area contributed by atoms with Crippen LogP contribution in [-0.4, -0.2) is 139 Å². The highest BCUT2D eigenvalue weighted by Crippen LogP contribution is 2.30. The Bertz CT molecular complexity index is 649. The van der Waals surface area contributed by atoms with Crippen molar-refractivity contribution >= 4 is 11.9 Å². The van der Waals surface area contributed by atoms with Crippen molar-refractivity contribution in [3.63, 3.8) is 0 Å². The van der Waals surface area contributed by atoms with Crippen LogP contribution in [0.4, 0.5) is 0 Å². The molecular formula is C17H29NO14. The van der Waals surface area contributed by atoms with Gasteiger partial charge in [0.2, 0.25) is 5.79 Å². The number of aliphatic hydroxyl groups excluding tert-OH is 6. The third-order valence-electron chi connectivity index (χ3n) is 5.34. The van der Waals surface area contributed by atoms with Crippen LogP contribution in [0.25, 0.3) is 0 Å². The lowest BCUT2D eigenvalue weighted by molar-refractivity contribution is -0.367. The van der Waals surface area contributed by atoms with Gasteiger partial charge in [-0.25, -0.2) is 0 Å². The number of ether oxygens (including phenoxy) is 3. The molecule has 0 unspecified atom stereocenters. The summed E-state index contributed by atoms with van der Waals surface area (Å²) in [6.07, 6.45) is -14.4. The molecule has 0 radical (unpaired) electrons. The number of rotatable bonds is 10. The van der Waals surface area contributed by atoms with E-state index in [-0.39, 0.29) is 6.42 Å². The van der Waals surface area contributed by atoms with Gasteiger partial charge < -0.3 is 60.2 Å². The predicted octanol–water partition coefficient (Wildman–Crippen LogP) is -5.48. The van der Waals surface area contributed by atoms with Crippen LogP contribution in [0.2, 0.25) is 0 Å². The number of aliphatic carboxylic acids is 2. The maximum atomic E-state index is 11.3. The summed E-state index contributed by atoms with van der Waals surface area (Å²) in [5, 5.41) is 90.6. The highest BCUT2D eigenvalue weighted by atomic mass is 16.7. The number of carbonyl (C=O) groups is 2. The fourth-order valence-corrected chi connectivity index (χ4v) is 3.38. The van der Waals surface area contributed by atoms with Crippen molar-refractivity contribution in [1.29, 1.82) is 0 Å². The molecule has 2 rings (SSSR count). The number of hydrogen-bond acceptors (Lipinski definition) is 13. The van der Waals surface area contributed by atoms with Crippen molar-refractivity contribution in [2.45, 2.75) is 73.7 Å². The van der Waals surface area contributed by atoms with Crippen molar-refractivity contribution < 1.29 is 69.8 Å². The smallest absolute Gasteiger partial charge is 0.320 e. The molecule has 0 bridgehead atoms. The molecule has 2 aliphatic rings. The lowest BCUT2D eigenvalue weighted by Crippen LogP contribution is -2.68. The Morgan fingerprint density at radius 3 is 2.31 bits per heavy atom. The summed E-state index contributed by atoms with van der Waals surface area (Å²) < 4.78 is 15.5. The number of hydrogen-bond donors (Lipinski definition) is 10. The molecule has 10 atom stereocenters. The van der Waals surface area contributed by atoms with Gasteiger partial charge in [-0.2, -0.15) is 0 Å². The van der Waals surface area contributed by atoms with Crippen LogP contribution >= 0.6 is 0 Å². The molecule has 186 valence electrons. The summed E-state index contributed by atoms with van der Waals surface area (Å²) in [7, 11) is 0. The monoisotopic (exact) mass is 471 g/mol. The van der Waals surface area contributed by atoms with Gasteiger partial charge in [-0.1, -0.05) is 0 Å². The Kier molecular flexibility index (Phi) is 9.26. The molecule has 15 nitrogen and oxygen atoms in total. The van der Waals surface area contributed by atoms with E-state index in [4.69, 9.17) is 19.3 Å². The average Bonchev–Trinajstić information content (AvgIpc) is 2.73. The zero-order chi connectivity index (χ0) is 24.2. The Morgan fingerprint density at radius 1 is 1.09 bits per heavy atom. The van der Waals surface area contributed by atoms with Crippen LogP contribution in [0.3, 0.4) is 0 Å². The molecule has 0 aromatic rings. The molecule has 0 aromatic heterocycles. The highest BCUT2D eigenvalue weighted by molar-refractivity contribution is 5.75. The van der Waals surface area contributed by atoms with Crippen LogP contribution in [0.5, 0.6) is 0 Å². The Balaban J connectivity index is 2.08. The fourth-order valence-electron chi connectivity index (χ4n) is 3.38. The number of aliphatic hydroxyl groups is 7. The van der Waals surface area contributed by atoms with E-state index in [2.05, 4.69) is 5.32 Å². The van der Waals surface area contributed by atoms with E-state index in [0.717, 1.165) is 0 Å². The average molecular weight is 471 g/mol. The molecule has 2 aliphatic heterocycles. The van der Waals surface area contributed by atoms with Crippen molar-refractivity contribution in [2.75, 3.05) is 19.8 Å². The molecule has 0 aromatic carbocycles. The first-order valence-electron chi connectivity index (χ1n) is 9.77. The molecule has 0 saturated carbocycles. The fraction of sp³-hybridized carbons (Fsp3) is 0.882. The number of nitrogens with one attached hydrogen (secondary N) is 1. The van der Waals surface area contributed by atoms with Crippen LogP contribution in [0.15, 0.2) is 0 Å². The lowest BCUT2D eigenvalue weighted by Gasteiger charge is -2.47. The Hall–Kier alpha value is -1.50. The summed E-state index contributed by atoms with van der Waals surface area (Å²) in [4.78, 5) is 22.0. The first-order valence-corrected chi connectivity index (χ1v) is 9.77. The van der Waals surface area contributed by atoms with E-state index < -0.39 is 99.0 Å². The standard InChI is InChI=1S/C17H29NO14/c19-3-8-10(23)11(24)12(25)16(31-8)32-13-7(20)4-30-17(29,14(13)26)5-18-6(15(27)28)1-2-9(21)22/h6-8,10-14,16,18-20,23-26,29H,1-5H2,(H,21,22)(H,27,28)/t6-,7+,8+,10+,11-,12+,13+,14-,16-,17+/m0/s1. The molecule has 15 heteroatoms. The van der Waals surface area contributed by atoms with Gasteiger partial charge in [-0.15, -0.1) is 0 Å². The van der Waals surface area contributed by atoms with E-state index in [1.165, 1.54) is 0 Å². The van der Waals surface area contributed by atoms with Crippen molar-refractivity contribution in [3.8, 4) is 0 Å². The lowest BCUT2D eigenvalue weighted by atomic mass is 9.95. The minimum Gasteiger partial charge on any atom is -0.481 e. The zero-order valence-electron chi connectivity index (χ0n) is 16.8. The molecule has 10 N–H and O–H groups in total. The second kappa shape index (κ2) is 11.1. The van der Waals surface area contributed by atoms with Gasteiger partial charge in [0.25, 0.3) is 0 Å². The van der Waals surface area contributed by atoms with E-state index in [1.54, 1.807) is 0 Å². The van der Waals surface area contributed by atoms with Crippen molar-refractivity contribution in [3.05, 3.63) is 0 Å². The molecular weight excluding hydrogens is 442 g/mol. The summed E-state index contributed by atoms with van der Waals surface area (Å²) in [5.41, 5.74) is 0. The Morgan fingerprint density at radius 2 is 1.75 bits per heavy atom. The molecule has 0 amide bonds. The van der Waals surface area contributed by atoms with E-state index in [0.29, 0.717) is 0 Å². The van der Waals surface area contributed by atoms with Gasteiger partial charge >= 0.3 is 11.9 Å². The van der Waals surface area contributed by atoms with Gasteiger partial charge in [-0.3, -0.25) is 14.9 Å². The first-order chi connectivity index (χ1) is 14.9. The number of carboxylic acids is 2. The molecule has 0 spiro atoms. The van der Waals surface area contributed by atoms with Crippen LogP contribution in [0, 0.1) is 0 Å². The second-order valence-corrected chi connectivity index (χ2v) is 7.67. The third kappa shape index (κ3) is 6.09. The predicted molar refractivity (Wildman–Crippen MR) is 97.9 cm³/mol. The highest BCUT2D eigenvalue weighted by Gasteiger charge is 2.53. The summed E-state index contributed by atoms with van der Waals surface area (Å²) in [6.45, 7) is -2.04. The maximum Gasteiger partial charge on any atom is 0.320 e. The summed E-state index contributed by atoms with van der Waals surface area (Å²) in [6, 6.07) is -1.40. The quantitative estimate of drug-likeness (QED) is 0.142. The normalized spacial score (nSPS) is 41.2. The molecule has 32 heavy (non-hydrogen) atoms. The van der Waals surface area contributed by atoms with Crippen molar-refractivity contribution in [2.24, 2.45) is 0 Å². The van der Waals surface area contributed by atoms with Gasteiger partial charge in [0.05, 0.1) is 19.8 Å². The van der Waals surface area contributed by atoms with Gasteiger partial charge in [0.15, 0.2) is 6.29 Å². The minimum atomic E-state index is -2.49. The van der Waals surface area contributed by atoms with Crippen LogP contribution in [-0.2, 0) is 23.8 Å². The van der Waals surface area contributed by atoms with Gasteiger partial charge in [0, 0.05) is 6.42 Å². The molecule has 0 aliphatic carbocycles. The molecule has 2 heterocycles. The first kappa shape index (κ1) is 26.7. The summed E-state index contributed by atoms with van der Waals surface area (Å²) in [5.74, 6) is -5.13. The number of carboxylic acid groups (broad SMARTS) is 2. The van der Waals surface area contributed by atoms with Gasteiger partial charge in [0.1, 0.15) is 48.8 Å². The maximum absolute atomic E-state index is 11.3. The topological polar surface area (TPSA) is 256 Å². The van der Waals surface area contributed by atoms with Gasteiger partial charge in [-0.05, 0) is 6.42 Å². The largest absolute Gasteiger partial charge is 0.481 e. The zero-order valence-corrected chi connectivity index (χ0v) is 16.8. The second-order valence-electron chi connectivity index (χ2n) is 7.67. The molecule has 2 saturated heterocycles.